The Bertz CT molecular complexity index is 645. The average molecular weight is 344 g/mol. The third-order valence-electron chi connectivity index (χ3n) is 3.13. The molecule has 0 aliphatic rings. The van der Waals surface area contributed by atoms with Gasteiger partial charge in [-0.25, -0.2) is 4.39 Å². The van der Waals surface area contributed by atoms with Gasteiger partial charge in [-0.1, -0.05) is 29.3 Å². The predicted octanol–water partition coefficient (Wildman–Crippen LogP) is 4.44. The summed E-state index contributed by atoms with van der Waals surface area (Å²) in [6.07, 6.45) is 0. The molecule has 6 heteroatoms. The van der Waals surface area contributed by atoms with Crippen molar-refractivity contribution in [3.63, 3.8) is 0 Å². The van der Waals surface area contributed by atoms with Crippen molar-refractivity contribution in [3.05, 3.63) is 57.3 Å². The van der Waals surface area contributed by atoms with Gasteiger partial charge in [0.1, 0.15) is 12.4 Å². The lowest BCUT2D eigenvalue weighted by Gasteiger charge is -2.14. The maximum Gasteiger partial charge on any atom is 0.163 e. The molecule has 0 unspecified atom stereocenters. The zero-order valence-electron chi connectivity index (χ0n) is 12.3. The molecule has 0 radical (unpaired) electrons. The molecule has 2 aromatic rings. The van der Waals surface area contributed by atoms with Gasteiger partial charge in [-0.3, -0.25) is 0 Å². The lowest BCUT2D eigenvalue weighted by Crippen LogP contribution is -2.07. The van der Waals surface area contributed by atoms with Gasteiger partial charge < -0.3 is 14.8 Å². The van der Waals surface area contributed by atoms with Gasteiger partial charge in [0.2, 0.25) is 0 Å². The number of ether oxygens (including phenoxy) is 2. The van der Waals surface area contributed by atoms with Gasteiger partial charge in [0.15, 0.2) is 11.5 Å². The highest BCUT2D eigenvalue weighted by Gasteiger charge is 2.13. The molecular formula is C16H16Cl2FNO2. The molecule has 2 aromatic carbocycles. The van der Waals surface area contributed by atoms with E-state index in [1.165, 1.54) is 13.2 Å². The van der Waals surface area contributed by atoms with E-state index in [4.69, 9.17) is 32.7 Å². The van der Waals surface area contributed by atoms with E-state index < -0.39 is 5.82 Å². The number of rotatable bonds is 6. The molecule has 0 aliphatic heterocycles. The second kappa shape index (κ2) is 7.68. The first-order chi connectivity index (χ1) is 10.6. The van der Waals surface area contributed by atoms with Crippen molar-refractivity contribution in [1.82, 2.24) is 5.32 Å². The van der Waals surface area contributed by atoms with Crippen LogP contribution in [0, 0.1) is 5.82 Å². The van der Waals surface area contributed by atoms with Crippen molar-refractivity contribution < 1.29 is 13.9 Å². The summed E-state index contributed by atoms with van der Waals surface area (Å²) >= 11 is 12.2. The minimum atomic E-state index is -0.413. The highest BCUT2D eigenvalue weighted by molar-refractivity contribution is 6.31. The fourth-order valence-electron chi connectivity index (χ4n) is 2.00. The molecule has 118 valence electrons. The van der Waals surface area contributed by atoms with Crippen molar-refractivity contribution in [2.24, 2.45) is 0 Å². The monoisotopic (exact) mass is 343 g/mol. The van der Waals surface area contributed by atoms with Crippen molar-refractivity contribution in [3.8, 4) is 11.5 Å². The van der Waals surface area contributed by atoms with Crippen LogP contribution in [0.3, 0.4) is 0 Å². The average Bonchev–Trinajstić information content (AvgIpc) is 2.49. The normalized spacial score (nSPS) is 10.6. The molecule has 2 rings (SSSR count). The van der Waals surface area contributed by atoms with Crippen LogP contribution in [0.25, 0.3) is 0 Å². The summed E-state index contributed by atoms with van der Waals surface area (Å²) in [5.74, 6) is 0.554. The summed E-state index contributed by atoms with van der Waals surface area (Å²) in [4.78, 5) is 0. The number of benzene rings is 2. The predicted molar refractivity (Wildman–Crippen MR) is 86.5 cm³/mol. The largest absolute Gasteiger partial charge is 0.493 e. The van der Waals surface area contributed by atoms with E-state index in [0.717, 1.165) is 5.56 Å². The van der Waals surface area contributed by atoms with Crippen molar-refractivity contribution in [1.29, 1.82) is 0 Å². The molecule has 0 heterocycles. The summed E-state index contributed by atoms with van der Waals surface area (Å²) in [6, 6.07) is 7.94. The van der Waals surface area contributed by atoms with Crippen molar-refractivity contribution in [2.75, 3.05) is 14.2 Å². The van der Waals surface area contributed by atoms with Gasteiger partial charge in [-0.2, -0.15) is 0 Å². The van der Waals surface area contributed by atoms with Crippen molar-refractivity contribution in [2.45, 2.75) is 13.2 Å². The van der Waals surface area contributed by atoms with Crippen LogP contribution >= 0.6 is 23.2 Å². The third-order valence-corrected chi connectivity index (χ3v) is 3.84. The van der Waals surface area contributed by atoms with E-state index >= 15 is 0 Å². The molecule has 0 aromatic heterocycles. The summed E-state index contributed by atoms with van der Waals surface area (Å²) in [6.45, 7) is 0.595. The highest BCUT2D eigenvalue weighted by atomic mass is 35.5. The fraction of sp³-hybridized carbons (Fsp3) is 0.250. The summed E-state index contributed by atoms with van der Waals surface area (Å²) < 4.78 is 24.7. The number of methoxy groups -OCH3 is 1. The molecule has 0 amide bonds. The van der Waals surface area contributed by atoms with Crippen LogP contribution in [0.4, 0.5) is 4.39 Å². The first-order valence-electron chi connectivity index (χ1n) is 6.63. The molecule has 0 atom stereocenters. The summed E-state index contributed by atoms with van der Waals surface area (Å²) in [5.41, 5.74) is 1.18. The molecule has 0 bridgehead atoms. The van der Waals surface area contributed by atoms with E-state index in [0.29, 0.717) is 33.7 Å². The van der Waals surface area contributed by atoms with E-state index in [2.05, 4.69) is 5.32 Å². The zero-order chi connectivity index (χ0) is 16.1. The zero-order valence-corrected chi connectivity index (χ0v) is 13.8. The van der Waals surface area contributed by atoms with Gasteiger partial charge in [0.25, 0.3) is 0 Å². The molecule has 3 nitrogen and oxygen atoms in total. The Morgan fingerprint density at radius 1 is 1.14 bits per heavy atom. The third kappa shape index (κ3) is 3.83. The fourth-order valence-corrected chi connectivity index (χ4v) is 2.43. The molecule has 0 saturated carbocycles. The van der Waals surface area contributed by atoms with Gasteiger partial charge in [0, 0.05) is 23.2 Å². The smallest absolute Gasteiger partial charge is 0.163 e. The SMILES string of the molecule is CNCc1cc(OC)c(OCc2c(F)cccc2Cl)cc1Cl. The highest BCUT2D eigenvalue weighted by Crippen LogP contribution is 2.34. The molecule has 1 N–H and O–H groups in total. The molecule has 0 fully saturated rings. The van der Waals surface area contributed by atoms with Crippen LogP contribution in [0.5, 0.6) is 11.5 Å². The maximum absolute atomic E-state index is 13.7. The molecule has 0 spiro atoms. The summed E-state index contributed by atoms with van der Waals surface area (Å²) in [7, 11) is 3.36. The number of halogens is 3. The van der Waals surface area contributed by atoms with Crippen LogP contribution in [-0.4, -0.2) is 14.2 Å². The van der Waals surface area contributed by atoms with Crippen LogP contribution in [0.2, 0.25) is 10.0 Å². The van der Waals surface area contributed by atoms with E-state index in [1.54, 1.807) is 24.3 Å². The Labute approximate surface area is 138 Å². The molecule has 22 heavy (non-hydrogen) atoms. The topological polar surface area (TPSA) is 30.5 Å². The van der Waals surface area contributed by atoms with Gasteiger partial charge in [-0.15, -0.1) is 0 Å². The minimum absolute atomic E-state index is 0.0103. The maximum atomic E-state index is 13.7. The lowest BCUT2D eigenvalue weighted by atomic mass is 10.2. The van der Waals surface area contributed by atoms with Crippen LogP contribution in [0.1, 0.15) is 11.1 Å². The number of hydrogen-bond acceptors (Lipinski definition) is 3. The van der Waals surface area contributed by atoms with E-state index in [1.807, 2.05) is 7.05 Å². The molecular weight excluding hydrogens is 328 g/mol. The van der Waals surface area contributed by atoms with Gasteiger partial charge >= 0.3 is 0 Å². The second-order valence-electron chi connectivity index (χ2n) is 4.61. The van der Waals surface area contributed by atoms with E-state index in [9.17, 15) is 4.39 Å². The van der Waals surface area contributed by atoms with Crippen LogP contribution < -0.4 is 14.8 Å². The number of nitrogens with one attached hydrogen (secondary N) is 1. The Morgan fingerprint density at radius 2 is 1.91 bits per heavy atom. The second-order valence-corrected chi connectivity index (χ2v) is 5.43. The molecule has 0 saturated heterocycles. The van der Waals surface area contributed by atoms with Crippen LogP contribution in [-0.2, 0) is 13.2 Å². The Balaban J connectivity index is 2.24. The quantitative estimate of drug-likeness (QED) is 0.840. The van der Waals surface area contributed by atoms with Gasteiger partial charge in [-0.05, 0) is 30.8 Å². The Morgan fingerprint density at radius 3 is 2.55 bits per heavy atom. The first kappa shape index (κ1) is 16.9. The Hall–Kier alpha value is -1.49. The minimum Gasteiger partial charge on any atom is -0.493 e. The standard InChI is InChI=1S/C16H16Cl2FNO2/c1-20-8-10-6-15(21-2)16(7-13(10)18)22-9-11-12(17)4-3-5-14(11)19/h3-7,20H,8-9H2,1-2H3. The van der Waals surface area contributed by atoms with Crippen LogP contribution in [0.15, 0.2) is 30.3 Å². The van der Waals surface area contributed by atoms with E-state index in [-0.39, 0.29) is 6.61 Å². The van der Waals surface area contributed by atoms with Crippen molar-refractivity contribution >= 4 is 23.2 Å². The molecule has 0 aliphatic carbocycles. The van der Waals surface area contributed by atoms with Gasteiger partial charge in [0.05, 0.1) is 12.1 Å². The first-order valence-corrected chi connectivity index (χ1v) is 7.39. The summed E-state index contributed by atoms with van der Waals surface area (Å²) in [5, 5.41) is 3.88. The Kier molecular flexibility index (Phi) is 5.89. The number of hydrogen-bond donors (Lipinski definition) is 1. The lowest BCUT2D eigenvalue weighted by molar-refractivity contribution is 0.279.